The number of aromatic nitrogens is 2. The molecule has 31 heavy (non-hydrogen) atoms. The fourth-order valence-corrected chi connectivity index (χ4v) is 4.66. The van der Waals surface area contributed by atoms with Crippen molar-refractivity contribution in [3.05, 3.63) is 80.6 Å². The lowest BCUT2D eigenvalue weighted by Crippen LogP contribution is -2.31. The number of nitrogens with one attached hydrogen (secondary N) is 2. The number of rotatable bonds is 6. The molecule has 0 fully saturated rings. The predicted molar refractivity (Wildman–Crippen MR) is 123 cm³/mol. The van der Waals surface area contributed by atoms with Gasteiger partial charge in [-0.1, -0.05) is 53.7 Å². The van der Waals surface area contributed by atoms with Crippen molar-refractivity contribution in [2.75, 3.05) is 5.32 Å². The van der Waals surface area contributed by atoms with Crippen molar-refractivity contribution in [1.82, 2.24) is 9.97 Å². The number of fused-ring (bicyclic) bond motifs is 1. The minimum absolute atomic E-state index is 0.0702. The van der Waals surface area contributed by atoms with E-state index in [9.17, 15) is 9.59 Å². The van der Waals surface area contributed by atoms with Gasteiger partial charge in [-0.3, -0.25) is 9.59 Å². The Hall–Kier alpha value is -2.77. The van der Waals surface area contributed by atoms with Gasteiger partial charge in [0.2, 0.25) is 5.91 Å². The zero-order valence-electron chi connectivity index (χ0n) is 17.1. The summed E-state index contributed by atoms with van der Waals surface area (Å²) in [6.45, 7) is 3.92. The molecule has 2 heterocycles. The van der Waals surface area contributed by atoms with Gasteiger partial charge in [-0.05, 0) is 43.2 Å². The molecule has 0 aliphatic carbocycles. The largest absolute Gasteiger partial charge is 0.491 e. The molecule has 8 heteroatoms. The molecular weight excluding hydrogens is 434 g/mol. The van der Waals surface area contributed by atoms with Crippen molar-refractivity contribution >= 4 is 35.1 Å². The maximum absolute atomic E-state index is 13.0. The lowest BCUT2D eigenvalue weighted by molar-refractivity contribution is -0.116. The van der Waals surface area contributed by atoms with E-state index in [4.69, 9.17) is 16.3 Å². The molecular formula is C23H22ClN3O3S. The van der Waals surface area contributed by atoms with Gasteiger partial charge in [0, 0.05) is 23.1 Å². The van der Waals surface area contributed by atoms with E-state index in [2.05, 4.69) is 15.3 Å². The molecule has 1 aromatic heterocycles. The number of nitrogens with zero attached hydrogens (tertiary/aromatic N) is 1. The van der Waals surface area contributed by atoms with Crippen molar-refractivity contribution in [3.8, 4) is 5.75 Å². The number of halogens is 1. The van der Waals surface area contributed by atoms with E-state index in [-0.39, 0.29) is 29.9 Å². The van der Waals surface area contributed by atoms with E-state index in [1.165, 1.54) is 11.8 Å². The second-order valence-electron chi connectivity index (χ2n) is 7.55. The van der Waals surface area contributed by atoms with E-state index < -0.39 is 0 Å². The molecule has 0 saturated heterocycles. The van der Waals surface area contributed by atoms with Gasteiger partial charge in [0.25, 0.3) is 5.56 Å². The van der Waals surface area contributed by atoms with Crippen LogP contribution in [0.15, 0.2) is 58.5 Å². The lowest BCUT2D eigenvalue weighted by Gasteiger charge is -2.24. The average Bonchev–Trinajstić information content (AvgIpc) is 2.72. The molecule has 0 unspecified atom stereocenters. The number of carbonyl (C=O) groups is 1. The second-order valence-corrected chi connectivity index (χ2v) is 8.93. The van der Waals surface area contributed by atoms with Gasteiger partial charge in [0.15, 0.2) is 5.16 Å². The fourth-order valence-electron chi connectivity index (χ4n) is 3.52. The Balaban J connectivity index is 1.61. The first-order valence-electron chi connectivity index (χ1n) is 9.97. The summed E-state index contributed by atoms with van der Waals surface area (Å²) in [5.74, 6) is 1.08. The van der Waals surface area contributed by atoms with E-state index in [1.807, 2.05) is 62.4 Å². The molecule has 1 aliphatic rings. The molecule has 0 radical (unpaired) electrons. The predicted octanol–water partition coefficient (Wildman–Crippen LogP) is 4.98. The van der Waals surface area contributed by atoms with Gasteiger partial charge in [0.05, 0.1) is 11.7 Å². The SMILES string of the molecule is CC(C)Oc1ccc([C@@H]2CC(=O)Nc3nc(SCc4ccccc4Cl)[nH]c(=O)c32)cc1. The standard InChI is InChI=1S/C23H22ClN3O3S/c1-13(2)30-16-9-7-14(8-10-16)17-11-19(28)25-21-20(17)22(29)27-23(26-21)31-12-15-5-3-4-6-18(15)24/h3-10,13,17H,11-12H2,1-2H3,(H2,25,26,27,28,29)/t17-/m0/s1. The quantitative estimate of drug-likeness (QED) is 0.404. The van der Waals surface area contributed by atoms with Crippen molar-refractivity contribution in [1.29, 1.82) is 0 Å². The second kappa shape index (κ2) is 9.16. The van der Waals surface area contributed by atoms with Gasteiger partial charge in [-0.15, -0.1) is 0 Å². The Morgan fingerprint density at radius 1 is 1.16 bits per heavy atom. The number of thioether (sulfide) groups is 1. The third-order valence-electron chi connectivity index (χ3n) is 4.91. The highest BCUT2D eigenvalue weighted by molar-refractivity contribution is 7.98. The first kappa shape index (κ1) is 21.5. The molecule has 1 amide bonds. The minimum atomic E-state index is -0.365. The zero-order valence-corrected chi connectivity index (χ0v) is 18.7. The van der Waals surface area contributed by atoms with Crippen molar-refractivity contribution in [2.45, 2.75) is 43.2 Å². The number of benzene rings is 2. The number of ether oxygens (including phenoxy) is 1. The highest BCUT2D eigenvalue weighted by atomic mass is 35.5. The summed E-state index contributed by atoms with van der Waals surface area (Å²) >= 11 is 7.57. The van der Waals surface area contributed by atoms with Crippen LogP contribution in [0, 0.1) is 0 Å². The van der Waals surface area contributed by atoms with Gasteiger partial charge in [-0.2, -0.15) is 0 Å². The van der Waals surface area contributed by atoms with Gasteiger partial charge in [-0.25, -0.2) is 4.98 Å². The Bertz CT molecular complexity index is 1160. The van der Waals surface area contributed by atoms with E-state index in [0.717, 1.165) is 16.9 Å². The Labute approximate surface area is 189 Å². The minimum Gasteiger partial charge on any atom is -0.491 e. The summed E-state index contributed by atoms with van der Waals surface area (Å²) in [7, 11) is 0. The molecule has 0 saturated carbocycles. The first-order valence-corrected chi connectivity index (χ1v) is 11.3. The molecule has 1 aliphatic heterocycles. The molecule has 0 spiro atoms. The molecule has 2 N–H and O–H groups in total. The third-order valence-corrected chi connectivity index (χ3v) is 6.20. The Morgan fingerprint density at radius 2 is 1.90 bits per heavy atom. The van der Waals surface area contributed by atoms with Crippen LogP contribution in [0.2, 0.25) is 5.02 Å². The molecule has 6 nitrogen and oxygen atoms in total. The topological polar surface area (TPSA) is 84.1 Å². The van der Waals surface area contributed by atoms with Crippen molar-refractivity contribution < 1.29 is 9.53 Å². The summed E-state index contributed by atoms with van der Waals surface area (Å²) in [6, 6.07) is 15.0. The fraction of sp³-hybridized carbons (Fsp3) is 0.261. The number of aromatic amines is 1. The molecule has 1 atom stereocenters. The number of amides is 1. The summed E-state index contributed by atoms with van der Waals surface area (Å²) in [6.07, 6.45) is 0.259. The number of H-pyrrole nitrogens is 1. The highest BCUT2D eigenvalue weighted by Gasteiger charge is 2.31. The van der Waals surface area contributed by atoms with Gasteiger partial charge < -0.3 is 15.0 Å². The molecule has 160 valence electrons. The third kappa shape index (κ3) is 4.94. The highest BCUT2D eigenvalue weighted by Crippen LogP contribution is 2.35. The summed E-state index contributed by atoms with van der Waals surface area (Å²) in [5.41, 5.74) is 2.04. The van der Waals surface area contributed by atoms with E-state index in [0.29, 0.717) is 27.3 Å². The Kier molecular flexibility index (Phi) is 6.34. The smallest absolute Gasteiger partial charge is 0.257 e. The van der Waals surface area contributed by atoms with Crippen LogP contribution in [0.3, 0.4) is 0 Å². The van der Waals surface area contributed by atoms with E-state index >= 15 is 0 Å². The van der Waals surface area contributed by atoms with Crippen LogP contribution in [0.25, 0.3) is 0 Å². The van der Waals surface area contributed by atoms with Crippen LogP contribution in [0.4, 0.5) is 5.82 Å². The van der Waals surface area contributed by atoms with Crippen LogP contribution in [-0.2, 0) is 10.5 Å². The van der Waals surface area contributed by atoms with Crippen LogP contribution in [0.5, 0.6) is 5.75 Å². The van der Waals surface area contributed by atoms with Gasteiger partial charge >= 0.3 is 0 Å². The number of hydrogen-bond acceptors (Lipinski definition) is 5. The number of anilines is 1. The van der Waals surface area contributed by atoms with Crippen molar-refractivity contribution in [2.24, 2.45) is 0 Å². The number of carbonyl (C=O) groups excluding carboxylic acids is 1. The summed E-state index contributed by atoms with van der Waals surface area (Å²) in [5, 5.41) is 3.85. The van der Waals surface area contributed by atoms with Crippen LogP contribution >= 0.6 is 23.4 Å². The monoisotopic (exact) mass is 455 g/mol. The zero-order chi connectivity index (χ0) is 22.0. The molecule has 3 aromatic rings. The molecule has 2 aromatic carbocycles. The number of hydrogen-bond donors (Lipinski definition) is 2. The van der Waals surface area contributed by atoms with Crippen LogP contribution in [0.1, 0.15) is 42.9 Å². The molecule has 0 bridgehead atoms. The average molecular weight is 456 g/mol. The maximum Gasteiger partial charge on any atom is 0.257 e. The summed E-state index contributed by atoms with van der Waals surface area (Å²) < 4.78 is 5.69. The Morgan fingerprint density at radius 3 is 2.61 bits per heavy atom. The van der Waals surface area contributed by atoms with Crippen LogP contribution < -0.4 is 15.6 Å². The van der Waals surface area contributed by atoms with Crippen molar-refractivity contribution in [3.63, 3.8) is 0 Å². The van der Waals surface area contributed by atoms with Gasteiger partial charge in [0.1, 0.15) is 11.6 Å². The van der Waals surface area contributed by atoms with Crippen LogP contribution in [-0.4, -0.2) is 22.0 Å². The van der Waals surface area contributed by atoms with E-state index in [1.54, 1.807) is 0 Å². The first-order chi connectivity index (χ1) is 14.9. The normalized spacial score (nSPS) is 15.5. The maximum atomic E-state index is 13.0. The lowest BCUT2D eigenvalue weighted by atomic mass is 9.87. The summed E-state index contributed by atoms with van der Waals surface area (Å²) in [4.78, 5) is 32.7. The molecule has 4 rings (SSSR count).